The number of aromatic nitrogens is 1. The number of nitrogen functional groups attached to an aromatic ring is 1. The van der Waals surface area contributed by atoms with Crippen molar-refractivity contribution in [3.63, 3.8) is 0 Å². The van der Waals surface area contributed by atoms with Gasteiger partial charge in [0.2, 0.25) is 0 Å². The van der Waals surface area contributed by atoms with E-state index in [1.165, 1.54) is 13.5 Å². The summed E-state index contributed by atoms with van der Waals surface area (Å²) in [6.45, 7) is 4.12. The number of nitrogens with zero attached hydrogens (tertiary/aromatic N) is 2. The van der Waals surface area contributed by atoms with E-state index in [4.69, 9.17) is 10.5 Å². The van der Waals surface area contributed by atoms with Crippen molar-refractivity contribution in [1.82, 2.24) is 4.98 Å². The zero-order valence-electron chi connectivity index (χ0n) is 11.6. The number of ether oxygens (including phenoxy) is 1. The number of carbonyl (C=O) groups excluding carboxylic acids is 1. The van der Waals surface area contributed by atoms with Crippen molar-refractivity contribution >= 4 is 17.5 Å². The molecule has 1 unspecified atom stereocenters. The third-order valence-corrected chi connectivity index (χ3v) is 3.75. The summed E-state index contributed by atoms with van der Waals surface area (Å²) in [6.07, 6.45) is 5.23. The molecule has 1 aromatic rings. The number of esters is 1. The average molecular weight is 263 g/mol. The van der Waals surface area contributed by atoms with Crippen molar-refractivity contribution < 1.29 is 9.53 Å². The lowest BCUT2D eigenvalue weighted by molar-refractivity contribution is 0.0601. The van der Waals surface area contributed by atoms with Gasteiger partial charge in [0.25, 0.3) is 0 Å². The van der Waals surface area contributed by atoms with Crippen molar-refractivity contribution in [2.45, 2.75) is 26.2 Å². The van der Waals surface area contributed by atoms with Crippen LogP contribution in [0.4, 0.5) is 11.5 Å². The van der Waals surface area contributed by atoms with Gasteiger partial charge in [-0.15, -0.1) is 0 Å². The van der Waals surface area contributed by atoms with Crippen LogP contribution in [0.1, 0.15) is 36.5 Å². The SMILES string of the molecule is CCC1CCCN(c2cnc(N)cc2C(=O)OC)C1. The number of rotatable bonds is 3. The highest BCUT2D eigenvalue weighted by atomic mass is 16.5. The van der Waals surface area contributed by atoms with Crippen molar-refractivity contribution in [1.29, 1.82) is 0 Å². The van der Waals surface area contributed by atoms with Gasteiger partial charge in [0.15, 0.2) is 0 Å². The second-order valence-corrected chi connectivity index (χ2v) is 4.98. The van der Waals surface area contributed by atoms with Gasteiger partial charge in [-0.3, -0.25) is 0 Å². The summed E-state index contributed by atoms with van der Waals surface area (Å²) >= 11 is 0. The number of methoxy groups -OCH3 is 1. The molecule has 19 heavy (non-hydrogen) atoms. The first kappa shape index (κ1) is 13.6. The highest BCUT2D eigenvalue weighted by molar-refractivity contribution is 5.96. The van der Waals surface area contributed by atoms with E-state index in [-0.39, 0.29) is 5.97 Å². The minimum atomic E-state index is -0.359. The Balaban J connectivity index is 2.30. The van der Waals surface area contributed by atoms with E-state index < -0.39 is 0 Å². The molecule has 2 rings (SSSR count). The molecule has 1 aliphatic rings. The van der Waals surface area contributed by atoms with Gasteiger partial charge in [-0.2, -0.15) is 0 Å². The predicted molar refractivity (Wildman–Crippen MR) is 75.2 cm³/mol. The highest BCUT2D eigenvalue weighted by Gasteiger charge is 2.23. The molecule has 1 saturated heterocycles. The van der Waals surface area contributed by atoms with Gasteiger partial charge in [-0.05, 0) is 24.8 Å². The summed E-state index contributed by atoms with van der Waals surface area (Å²) in [4.78, 5) is 18.2. The fraction of sp³-hybridized carbons (Fsp3) is 0.571. The van der Waals surface area contributed by atoms with E-state index >= 15 is 0 Å². The van der Waals surface area contributed by atoms with Crippen molar-refractivity contribution in [3.05, 3.63) is 17.8 Å². The van der Waals surface area contributed by atoms with Crippen LogP contribution in [-0.2, 0) is 4.74 Å². The average Bonchev–Trinajstić information content (AvgIpc) is 2.46. The molecule has 0 amide bonds. The van der Waals surface area contributed by atoms with Gasteiger partial charge in [0.1, 0.15) is 5.82 Å². The van der Waals surface area contributed by atoms with Crippen LogP contribution in [0.5, 0.6) is 0 Å². The van der Waals surface area contributed by atoms with Crippen LogP contribution in [0.25, 0.3) is 0 Å². The smallest absolute Gasteiger partial charge is 0.340 e. The number of piperidine rings is 1. The Morgan fingerprint density at radius 3 is 3.11 bits per heavy atom. The van der Waals surface area contributed by atoms with E-state index in [1.54, 1.807) is 12.3 Å². The van der Waals surface area contributed by atoms with Crippen LogP contribution in [0.15, 0.2) is 12.3 Å². The van der Waals surface area contributed by atoms with Gasteiger partial charge in [-0.1, -0.05) is 13.3 Å². The molecule has 1 aromatic heterocycles. The Kier molecular flexibility index (Phi) is 4.24. The summed E-state index contributed by atoms with van der Waals surface area (Å²) in [7, 11) is 1.38. The Labute approximate surface area is 113 Å². The molecule has 0 saturated carbocycles. The first-order valence-corrected chi connectivity index (χ1v) is 6.74. The third-order valence-electron chi connectivity index (χ3n) is 3.75. The van der Waals surface area contributed by atoms with Crippen LogP contribution in [-0.4, -0.2) is 31.2 Å². The van der Waals surface area contributed by atoms with Crippen LogP contribution in [0, 0.1) is 5.92 Å². The first-order valence-electron chi connectivity index (χ1n) is 6.74. The predicted octanol–water partition coefficient (Wildman–Crippen LogP) is 2.08. The third kappa shape index (κ3) is 2.97. The zero-order chi connectivity index (χ0) is 13.8. The summed E-state index contributed by atoms with van der Waals surface area (Å²) in [6, 6.07) is 1.59. The minimum absolute atomic E-state index is 0.341. The molecular weight excluding hydrogens is 242 g/mol. The number of hydrogen-bond acceptors (Lipinski definition) is 5. The Morgan fingerprint density at radius 2 is 2.42 bits per heavy atom. The monoisotopic (exact) mass is 263 g/mol. The molecule has 2 N–H and O–H groups in total. The number of anilines is 2. The molecule has 0 bridgehead atoms. The largest absolute Gasteiger partial charge is 0.465 e. The van der Waals surface area contributed by atoms with E-state index in [9.17, 15) is 4.79 Å². The standard InChI is InChI=1S/C14H21N3O2/c1-3-10-5-4-6-17(9-10)12-8-16-13(15)7-11(12)14(18)19-2/h7-8,10H,3-6,9H2,1-2H3,(H2,15,16). The normalized spacial score (nSPS) is 19.3. The van der Waals surface area contributed by atoms with Gasteiger partial charge in [0.05, 0.1) is 24.6 Å². The topological polar surface area (TPSA) is 68.5 Å². The maximum atomic E-state index is 11.8. The quantitative estimate of drug-likeness (QED) is 0.846. The van der Waals surface area contributed by atoms with Crippen LogP contribution >= 0.6 is 0 Å². The van der Waals surface area contributed by atoms with Crippen molar-refractivity contribution in [3.8, 4) is 0 Å². The van der Waals surface area contributed by atoms with Gasteiger partial charge in [-0.25, -0.2) is 9.78 Å². The molecule has 2 heterocycles. The fourth-order valence-corrected chi connectivity index (χ4v) is 2.61. The fourth-order valence-electron chi connectivity index (χ4n) is 2.61. The van der Waals surface area contributed by atoms with Crippen LogP contribution in [0.2, 0.25) is 0 Å². The molecule has 1 atom stereocenters. The van der Waals surface area contributed by atoms with E-state index in [2.05, 4.69) is 16.8 Å². The molecule has 0 aliphatic carbocycles. The van der Waals surface area contributed by atoms with Gasteiger partial charge < -0.3 is 15.4 Å². The molecule has 1 aliphatic heterocycles. The van der Waals surface area contributed by atoms with Gasteiger partial charge >= 0.3 is 5.97 Å². The Bertz CT molecular complexity index is 462. The summed E-state index contributed by atoms with van der Waals surface area (Å²) < 4.78 is 4.83. The molecule has 1 fully saturated rings. The van der Waals surface area contributed by atoms with E-state index in [1.807, 2.05) is 0 Å². The maximum Gasteiger partial charge on any atom is 0.340 e. The van der Waals surface area contributed by atoms with Crippen molar-refractivity contribution in [2.24, 2.45) is 5.92 Å². The zero-order valence-corrected chi connectivity index (χ0v) is 11.6. The molecule has 5 nitrogen and oxygen atoms in total. The number of nitrogens with two attached hydrogens (primary N) is 1. The van der Waals surface area contributed by atoms with Crippen molar-refractivity contribution in [2.75, 3.05) is 30.8 Å². The first-order chi connectivity index (χ1) is 9.15. The maximum absolute atomic E-state index is 11.8. The van der Waals surface area contributed by atoms with Crippen LogP contribution in [0.3, 0.4) is 0 Å². The summed E-state index contributed by atoms with van der Waals surface area (Å²) in [5.74, 6) is 0.660. The summed E-state index contributed by atoms with van der Waals surface area (Å²) in [5, 5.41) is 0. The number of pyridine rings is 1. The Morgan fingerprint density at radius 1 is 1.63 bits per heavy atom. The lowest BCUT2D eigenvalue weighted by Gasteiger charge is -2.34. The second kappa shape index (κ2) is 5.91. The molecule has 5 heteroatoms. The molecule has 0 spiro atoms. The van der Waals surface area contributed by atoms with E-state index in [0.717, 1.165) is 31.6 Å². The number of carbonyl (C=O) groups is 1. The molecule has 104 valence electrons. The lowest BCUT2D eigenvalue weighted by Crippen LogP contribution is -2.36. The van der Waals surface area contributed by atoms with Crippen LogP contribution < -0.4 is 10.6 Å². The number of hydrogen-bond donors (Lipinski definition) is 1. The molecular formula is C14H21N3O2. The lowest BCUT2D eigenvalue weighted by atomic mass is 9.95. The second-order valence-electron chi connectivity index (χ2n) is 4.98. The molecule has 0 radical (unpaired) electrons. The Hall–Kier alpha value is -1.78. The summed E-state index contributed by atoms with van der Waals surface area (Å²) in [5.41, 5.74) is 7.00. The minimum Gasteiger partial charge on any atom is -0.465 e. The van der Waals surface area contributed by atoms with Gasteiger partial charge in [0, 0.05) is 13.1 Å². The highest BCUT2D eigenvalue weighted by Crippen LogP contribution is 2.28. The molecule has 0 aromatic carbocycles. The van der Waals surface area contributed by atoms with E-state index in [0.29, 0.717) is 17.3 Å².